The summed E-state index contributed by atoms with van der Waals surface area (Å²) in [7, 11) is 1.53. The lowest BCUT2D eigenvalue weighted by molar-refractivity contribution is -0.117. The molecule has 0 N–H and O–H groups in total. The first kappa shape index (κ1) is 17.5. The predicted octanol–water partition coefficient (Wildman–Crippen LogP) is 3.93. The third kappa shape index (κ3) is 3.97. The minimum absolute atomic E-state index is 0.436. The van der Waals surface area contributed by atoms with Crippen LogP contribution in [-0.4, -0.2) is 29.9 Å². The fraction of sp³-hybridized carbons (Fsp3) is 0.500. The van der Waals surface area contributed by atoms with E-state index in [1.54, 1.807) is 39.8 Å². The van der Waals surface area contributed by atoms with Crippen LogP contribution < -0.4 is 0 Å². The first-order valence-corrected chi connectivity index (χ1v) is 7.09. The van der Waals surface area contributed by atoms with Crippen LogP contribution in [-0.2, 0) is 15.1 Å². The van der Waals surface area contributed by atoms with Crippen LogP contribution in [0.25, 0.3) is 0 Å². The predicted molar refractivity (Wildman–Crippen MR) is 83.6 cm³/mol. The maximum atomic E-state index is 12.2. The summed E-state index contributed by atoms with van der Waals surface area (Å²) in [4.78, 5) is 25.2. The average Bonchev–Trinajstić information content (AvgIpc) is 2.37. The lowest BCUT2D eigenvalue weighted by Crippen LogP contribution is -2.48. The monoisotopic (exact) mass is 311 g/mol. The van der Waals surface area contributed by atoms with Crippen LogP contribution in [0.5, 0.6) is 0 Å². The van der Waals surface area contributed by atoms with Crippen molar-refractivity contribution in [1.29, 1.82) is 0 Å². The van der Waals surface area contributed by atoms with Gasteiger partial charge in [0.25, 0.3) is 0 Å². The Morgan fingerprint density at radius 2 is 1.86 bits per heavy atom. The maximum Gasteiger partial charge on any atom is 0.411 e. The van der Waals surface area contributed by atoms with E-state index in [-0.39, 0.29) is 0 Å². The second-order valence-electron chi connectivity index (χ2n) is 6.29. The lowest BCUT2D eigenvalue weighted by Gasteiger charge is -2.36. The number of nitrogens with zero attached hydrogens (tertiary/aromatic N) is 1. The number of ether oxygens (including phenoxy) is 1. The molecule has 0 aliphatic rings. The van der Waals surface area contributed by atoms with E-state index >= 15 is 0 Å². The first-order valence-electron chi connectivity index (χ1n) is 6.71. The van der Waals surface area contributed by atoms with Crippen molar-refractivity contribution in [2.45, 2.75) is 45.8 Å². The number of carbonyl (C=O) groups is 2. The van der Waals surface area contributed by atoms with Crippen LogP contribution >= 0.6 is 11.6 Å². The molecule has 0 saturated heterocycles. The van der Waals surface area contributed by atoms with Crippen molar-refractivity contribution in [2.75, 3.05) is 7.05 Å². The van der Waals surface area contributed by atoms with Crippen molar-refractivity contribution in [2.24, 2.45) is 0 Å². The molecular formula is C16H22ClNO3. The summed E-state index contributed by atoms with van der Waals surface area (Å²) in [6, 6.07) is 5.37. The highest BCUT2D eigenvalue weighted by atomic mass is 35.5. The molecule has 4 nitrogen and oxygen atoms in total. The first-order chi connectivity index (χ1) is 9.51. The minimum atomic E-state index is -1.19. The van der Waals surface area contributed by atoms with E-state index < -0.39 is 17.2 Å². The minimum Gasteiger partial charge on any atom is -0.444 e. The Hall–Kier alpha value is -1.55. The molecule has 0 bridgehead atoms. The van der Waals surface area contributed by atoms with Crippen LogP contribution in [0.15, 0.2) is 18.2 Å². The summed E-state index contributed by atoms with van der Waals surface area (Å²) in [5.74, 6) is 0. The Morgan fingerprint density at radius 3 is 2.33 bits per heavy atom. The van der Waals surface area contributed by atoms with Gasteiger partial charge in [-0.05, 0) is 40.7 Å². The average molecular weight is 312 g/mol. The SMILES string of the molecule is Cc1ccc(Cl)c(C(C)(C=O)N(C)C(=O)OC(C)(C)C)c1. The van der Waals surface area contributed by atoms with Gasteiger partial charge < -0.3 is 9.53 Å². The molecule has 0 fully saturated rings. The number of aryl methyl sites for hydroxylation is 1. The normalized spacial score (nSPS) is 14.2. The van der Waals surface area contributed by atoms with Crippen molar-refractivity contribution >= 4 is 24.0 Å². The molecule has 0 aliphatic heterocycles. The molecule has 0 saturated carbocycles. The number of hydrogen-bond donors (Lipinski definition) is 0. The van der Waals surface area contributed by atoms with Gasteiger partial charge in [-0.3, -0.25) is 4.90 Å². The zero-order valence-electron chi connectivity index (χ0n) is 13.4. The van der Waals surface area contributed by atoms with Gasteiger partial charge in [0.1, 0.15) is 17.4 Å². The lowest BCUT2D eigenvalue weighted by atomic mass is 9.91. The molecule has 5 heteroatoms. The number of hydrogen-bond acceptors (Lipinski definition) is 3. The number of halogens is 1. The molecule has 0 heterocycles. The second-order valence-corrected chi connectivity index (χ2v) is 6.70. The van der Waals surface area contributed by atoms with Gasteiger partial charge in [0.2, 0.25) is 0 Å². The zero-order valence-corrected chi connectivity index (χ0v) is 14.1. The van der Waals surface area contributed by atoms with E-state index in [4.69, 9.17) is 16.3 Å². The van der Waals surface area contributed by atoms with E-state index in [1.807, 2.05) is 13.0 Å². The Labute approximate surface area is 131 Å². The standard InChI is InChI=1S/C16H22ClNO3/c1-11-7-8-13(17)12(9-11)16(5,10-19)18(6)14(20)21-15(2,3)4/h7-10H,1-6H3. The van der Waals surface area contributed by atoms with Gasteiger partial charge in [-0.15, -0.1) is 0 Å². The highest BCUT2D eigenvalue weighted by molar-refractivity contribution is 6.31. The fourth-order valence-corrected chi connectivity index (χ4v) is 2.18. The van der Waals surface area contributed by atoms with Crippen molar-refractivity contribution in [1.82, 2.24) is 4.90 Å². The van der Waals surface area contributed by atoms with Gasteiger partial charge in [0.05, 0.1) is 0 Å². The summed E-state index contributed by atoms with van der Waals surface area (Å²) in [6.07, 6.45) is 0.132. The molecule has 21 heavy (non-hydrogen) atoms. The molecular weight excluding hydrogens is 290 g/mol. The molecule has 1 aromatic carbocycles. The molecule has 1 unspecified atom stereocenters. The molecule has 0 aliphatic carbocycles. The Balaban J connectivity index is 3.23. The second kappa shape index (κ2) is 6.06. The van der Waals surface area contributed by atoms with Gasteiger partial charge in [-0.2, -0.15) is 0 Å². The number of rotatable bonds is 3. The zero-order chi connectivity index (χ0) is 16.4. The van der Waals surface area contributed by atoms with E-state index in [1.165, 1.54) is 11.9 Å². The van der Waals surface area contributed by atoms with Gasteiger partial charge in [-0.25, -0.2) is 4.79 Å². The summed E-state index contributed by atoms with van der Waals surface area (Å²) in [5.41, 5.74) is -0.288. The van der Waals surface area contributed by atoms with Crippen LogP contribution in [0.4, 0.5) is 4.79 Å². The number of benzene rings is 1. The van der Waals surface area contributed by atoms with Crippen LogP contribution in [0.2, 0.25) is 5.02 Å². The molecule has 0 radical (unpaired) electrons. The highest BCUT2D eigenvalue weighted by Gasteiger charge is 2.38. The van der Waals surface area contributed by atoms with Crippen molar-refractivity contribution < 1.29 is 14.3 Å². The van der Waals surface area contributed by atoms with Gasteiger partial charge in [0, 0.05) is 17.6 Å². The molecule has 1 atom stereocenters. The van der Waals surface area contributed by atoms with Crippen LogP contribution in [0.1, 0.15) is 38.8 Å². The summed E-state index contributed by atoms with van der Waals surface area (Å²) in [5, 5.41) is 0.436. The Kier molecular flexibility index (Phi) is 5.05. The Morgan fingerprint density at radius 1 is 1.29 bits per heavy atom. The third-order valence-electron chi connectivity index (χ3n) is 3.26. The topological polar surface area (TPSA) is 46.6 Å². The highest BCUT2D eigenvalue weighted by Crippen LogP contribution is 2.32. The molecule has 0 spiro atoms. The largest absolute Gasteiger partial charge is 0.444 e. The van der Waals surface area contributed by atoms with E-state index in [0.717, 1.165) is 5.56 Å². The third-order valence-corrected chi connectivity index (χ3v) is 3.59. The maximum absolute atomic E-state index is 12.2. The number of likely N-dealkylation sites (N-methyl/N-ethyl adjacent to an activating group) is 1. The molecule has 0 aromatic heterocycles. The van der Waals surface area contributed by atoms with Crippen molar-refractivity contribution in [3.05, 3.63) is 34.3 Å². The van der Waals surface area contributed by atoms with Crippen LogP contribution in [0.3, 0.4) is 0 Å². The number of carbonyl (C=O) groups excluding carboxylic acids is 2. The summed E-state index contributed by atoms with van der Waals surface area (Å²) in [6.45, 7) is 8.87. The Bertz CT molecular complexity index is 551. The van der Waals surface area contributed by atoms with Crippen molar-refractivity contribution in [3.8, 4) is 0 Å². The number of aldehydes is 1. The van der Waals surface area contributed by atoms with Gasteiger partial charge in [-0.1, -0.05) is 29.3 Å². The fourth-order valence-electron chi connectivity index (χ4n) is 1.87. The van der Waals surface area contributed by atoms with E-state index in [0.29, 0.717) is 16.9 Å². The summed E-state index contributed by atoms with van der Waals surface area (Å²) < 4.78 is 5.32. The number of amides is 1. The quantitative estimate of drug-likeness (QED) is 0.795. The van der Waals surface area contributed by atoms with Gasteiger partial charge in [0.15, 0.2) is 0 Å². The smallest absolute Gasteiger partial charge is 0.411 e. The summed E-state index contributed by atoms with van der Waals surface area (Å²) >= 11 is 6.20. The van der Waals surface area contributed by atoms with Gasteiger partial charge >= 0.3 is 6.09 Å². The van der Waals surface area contributed by atoms with Crippen LogP contribution in [0, 0.1) is 6.92 Å². The molecule has 1 amide bonds. The van der Waals surface area contributed by atoms with E-state index in [2.05, 4.69) is 0 Å². The molecule has 1 rings (SSSR count). The van der Waals surface area contributed by atoms with Crippen molar-refractivity contribution in [3.63, 3.8) is 0 Å². The molecule has 116 valence electrons. The molecule has 1 aromatic rings. The van der Waals surface area contributed by atoms with E-state index in [9.17, 15) is 9.59 Å².